The van der Waals surface area contributed by atoms with Crippen LogP contribution in [0.4, 0.5) is 5.13 Å². The van der Waals surface area contributed by atoms with E-state index in [4.69, 9.17) is 0 Å². The van der Waals surface area contributed by atoms with Gasteiger partial charge in [-0.3, -0.25) is 9.69 Å². The van der Waals surface area contributed by atoms with E-state index in [1.807, 2.05) is 12.1 Å². The fourth-order valence-corrected chi connectivity index (χ4v) is 3.61. The SMILES string of the molecule is O=C1CS[C@@H](c2ccc(O)cc2)N1c1nncs1. The summed E-state index contributed by atoms with van der Waals surface area (Å²) >= 11 is 2.90. The molecule has 0 radical (unpaired) electrons. The van der Waals surface area contributed by atoms with E-state index >= 15 is 0 Å². The topological polar surface area (TPSA) is 66.3 Å². The first-order chi connectivity index (χ1) is 8.75. The first-order valence-electron chi connectivity index (χ1n) is 5.24. The van der Waals surface area contributed by atoms with Crippen molar-refractivity contribution in [1.82, 2.24) is 10.2 Å². The standard InChI is InChI=1S/C11H9N3O2S2/c15-8-3-1-7(2-4-8)10-14(9(16)5-17-10)11-13-12-6-18-11/h1-4,6,10,15H,5H2/t10-/m0/s1. The van der Waals surface area contributed by atoms with Crippen LogP contribution in [0.2, 0.25) is 0 Å². The number of amides is 1. The van der Waals surface area contributed by atoms with Crippen LogP contribution in [0.3, 0.4) is 0 Å². The molecule has 1 amide bonds. The van der Waals surface area contributed by atoms with Crippen molar-refractivity contribution in [3.05, 3.63) is 35.3 Å². The lowest BCUT2D eigenvalue weighted by Crippen LogP contribution is -2.27. The Labute approximate surface area is 111 Å². The Balaban J connectivity index is 1.96. The zero-order valence-corrected chi connectivity index (χ0v) is 10.8. The molecule has 1 N–H and O–H groups in total. The van der Waals surface area contributed by atoms with Crippen LogP contribution in [-0.2, 0) is 4.79 Å². The van der Waals surface area contributed by atoms with E-state index in [-0.39, 0.29) is 17.0 Å². The Morgan fingerprint density at radius 1 is 1.33 bits per heavy atom. The van der Waals surface area contributed by atoms with Crippen molar-refractivity contribution in [2.24, 2.45) is 0 Å². The number of thioether (sulfide) groups is 1. The van der Waals surface area contributed by atoms with E-state index in [2.05, 4.69) is 10.2 Å². The number of aromatic nitrogens is 2. The van der Waals surface area contributed by atoms with Gasteiger partial charge in [0.15, 0.2) is 0 Å². The molecule has 92 valence electrons. The van der Waals surface area contributed by atoms with Crippen molar-refractivity contribution in [3.8, 4) is 5.75 Å². The Morgan fingerprint density at radius 2 is 2.11 bits per heavy atom. The molecule has 0 spiro atoms. The predicted molar refractivity (Wildman–Crippen MR) is 70.7 cm³/mol. The molecule has 7 heteroatoms. The number of benzene rings is 1. The third-order valence-corrected chi connectivity index (χ3v) is 4.50. The van der Waals surface area contributed by atoms with E-state index in [0.717, 1.165) is 5.56 Å². The zero-order valence-electron chi connectivity index (χ0n) is 9.18. The average molecular weight is 279 g/mol. The van der Waals surface area contributed by atoms with Crippen LogP contribution in [0.5, 0.6) is 5.75 Å². The largest absolute Gasteiger partial charge is 0.508 e. The van der Waals surface area contributed by atoms with Gasteiger partial charge in [-0.2, -0.15) is 0 Å². The van der Waals surface area contributed by atoms with Crippen molar-refractivity contribution in [1.29, 1.82) is 0 Å². The number of phenols is 1. The highest BCUT2D eigenvalue weighted by Crippen LogP contribution is 2.42. The molecule has 0 bridgehead atoms. The van der Waals surface area contributed by atoms with Gasteiger partial charge in [-0.15, -0.1) is 22.0 Å². The summed E-state index contributed by atoms with van der Waals surface area (Å²) in [5.74, 6) is 0.691. The first-order valence-corrected chi connectivity index (χ1v) is 7.17. The molecular weight excluding hydrogens is 270 g/mol. The summed E-state index contributed by atoms with van der Waals surface area (Å²) in [6, 6.07) is 6.88. The fraction of sp³-hybridized carbons (Fsp3) is 0.182. The van der Waals surface area contributed by atoms with Crippen LogP contribution in [0.25, 0.3) is 0 Å². The quantitative estimate of drug-likeness (QED) is 0.911. The second kappa shape index (κ2) is 4.58. The van der Waals surface area contributed by atoms with E-state index in [0.29, 0.717) is 10.9 Å². The molecule has 0 saturated carbocycles. The summed E-state index contributed by atoms with van der Waals surface area (Å²) in [5, 5.41) is 17.5. The molecule has 18 heavy (non-hydrogen) atoms. The minimum atomic E-state index is -0.0916. The van der Waals surface area contributed by atoms with Gasteiger partial charge in [0.2, 0.25) is 11.0 Å². The number of anilines is 1. The van der Waals surface area contributed by atoms with Crippen molar-refractivity contribution < 1.29 is 9.90 Å². The van der Waals surface area contributed by atoms with Crippen LogP contribution < -0.4 is 4.90 Å². The molecule has 1 aliphatic rings. The maximum Gasteiger partial charge on any atom is 0.240 e. The average Bonchev–Trinajstić information content (AvgIpc) is 2.99. The van der Waals surface area contributed by atoms with Crippen molar-refractivity contribution >= 4 is 34.1 Å². The summed E-state index contributed by atoms with van der Waals surface area (Å²) in [4.78, 5) is 13.6. The number of hydrogen-bond acceptors (Lipinski definition) is 6. The summed E-state index contributed by atoms with van der Waals surface area (Å²) in [7, 11) is 0. The number of hydrogen-bond donors (Lipinski definition) is 1. The summed E-state index contributed by atoms with van der Waals surface area (Å²) < 4.78 is 0. The van der Waals surface area contributed by atoms with Gasteiger partial charge in [-0.1, -0.05) is 23.5 Å². The van der Waals surface area contributed by atoms with Gasteiger partial charge in [-0.25, -0.2) is 0 Å². The molecule has 1 aliphatic heterocycles. The lowest BCUT2D eigenvalue weighted by Gasteiger charge is -2.20. The van der Waals surface area contributed by atoms with E-state index in [9.17, 15) is 9.90 Å². The van der Waals surface area contributed by atoms with Gasteiger partial charge in [0.25, 0.3) is 0 Å². The van der Waals surface area contributed by atoms with Crippen molar-refractivity contribution in [3.63, 3.8) is 0 Å². The lowest BCUT2D eigenvalue weighted by molar-refractivity contribution is -0.115. The predicted octanol–water partition coefficient (Wildman–Crippen LogP) is 2.02. The number of rotatable bonds is 2. The number of carbonyl (C=O) groups is 1. The third-order valence-electron chi connectivity index (χ3n) is 2.60. The summed E-state index contributed by atoms with van der Waals surface area (Å²) in [6.45, 7) is 0. The third kappa shape index (κ3) is 1.95. The van der Waals surface area contributed by atoms with E-state index in [1.54, 1.807) is 34.3 Å². The molecule has 5 nitrogen and oxygen atoms in total. The van der Waals surface area contributed by atoms with Crippen LogP contribution in [0.1, 0.15) is 10.9 Å². The summed E-state index contributed by atoms with van der Waals surface area (Å²) in [5.41, 5.74) is 2.58. The molecule has 1 saturated heterocycles. The molecule has 2 heterocycles. The Bertz CT molecular complexity index is 556. The summed E-state index contributed by atoms with van der Waals surface area (Å²) in [6.07, 6.45) is 0. The van der Waals surface area contributed by atoms with Gasteiger partial charge >= 0.3 is 0 Å². The molecule has 3 rings (SSSR count). The fourth-order valence-electron chi connectivity index (χ4n) is 1.79. The van der Waals surface area contributed by atoms with Gasteiger partial charge in [0, 0.05) is 0 Å². The zero-order chi connectivity index (χ0) is 12.5. The van der Waals surface area contributed by atoms with Crippen molar-refractivity contribution in [2.45, 2.75) is 5.37 Å². The van der Waals surface area contributed by atoms with E-state index < -0.39 is 0 Å². The van der Waals surface area contributed by atoms with Crippen LogP contribution >= 0.6 is 23.1 Å². The second-order valence-electron chi connectivity index (χ2n) is 3.74. The van der Waals surface area contributed by atoms with Gasteiger partial charge in [-0.05, 0) is 17.7 Å². The number of phenolic OH excluding ortho intramolecular Hbond substituents is 1. The number of aromatic hydroxyl groups is 1. The smallest absolute Gasteiger partial charge is 0.240 e. The molecule has 1 fully saturated rings. The second-order valence-corrected chi connectivity index (χ2v) is 5.62. The van der Waals surface area contributed by atoms with Crippen LogP contribution in [-0.4, -0.2) is 27.0 Å². The molecule has 0 aliphatic carbocycles. The van der Waals surface area contributed by atoms with Crippen molar-refractivity contribution in [2.75, 3.05) is 10.7 Å². The van der Waals surface area contributed by atoms with Gasteiger partial charge in [0.1, 0.15) is 16.6 Å². The lowest BCUT2D eigenvalue weighted by atomic mass is 10.2. The van der Waals surface area contributed by atoms with E-state index in [1.165, 1.54) is 11.3 Å². The normalized spacial score (nSPS) is 19.4. The molecular formula is C11H9N3O2S2. The number of carbonyl (C=O) groups excluding carboxylic acids is 1. The highest BCUT2D eigenvalue weighted by Gasteiger charge is 2.35. The molecule has 1 atom stereocenters. The van der Waals surface area contributed by atoms with Crippen LogP contribution in [0.15, 0.2) is 29.8 Å². The highest BCUT2D eigenvalue weighted by molar-refractivity contribution is 8.00. The highest BCUT2D eigenvalue weighted by atomic mass is 32.2. The first kappa shape index (κ1) is 11.5. The maximum absolute atomic E-state index is 11.9. The minimum absolute atomic E-state index is 0.0369. The molecule has 0 unspecified atom stereocenters. The maximum atomic E-state index is 11.9. The molecule has 1 aromatic carbocycles. The van der Waals surface area contributed by atoms with Gasteiger partial charge in [0.05, 0.1) is 5.75 Å². The monoisotopic (exact) mass is 279 g/mol. The van der Waals surface area contributed by atoms with Crippen LogP contribution in [0, 0.1) is 0 Å². The Hall–Kier alpha value is -1.60. The molecule has 1 aromatic heterocycles. The minimum Gasteiger partial charge on any atom is -0.508 e. The van der Waals surface area contributed by atoms with Gasteiger partial charge < -0.3 is 5.11 Å². The number of nitrogens with zero attached hydrogens (tertiary/aromatic N) is 3. The Kier molecular flexibility index (Phi) is 2.92. The molecule has 2 aromatic rings. The Morgan fingerprint density at radius 3 is 2.78 bits per heavy atom.